The average Bonchev–Trinajstić information content (AvgIpc) is 3.15. The second-order valence-electron chi connectivity index (χ2n) is 5.68. The van der Waals surface area contributed by atoms with E-state index in [1.54, 1.807) is 0 Å². The van der Waals surface area contributed by atoms with E-state index in [2.05, 4.69) is 15.3 Å². The Bertz CT molecular complexity index is 705. The first-order valence-electron chi connectivity index (χ1n) is 7.93. The SMILES string of the molecule is O=C(NC(CO)c1ccccc1)c1nc(N2CCCC2)ncc1Cl. The van der Waals surface area contributed by atoms with Gasteiger partial charge < -0.3 is 15.3 Å². The maximum Gasteiger partial charge on any atom is 0.272 e. The van der Waals surface area contributed by atoms with Crippen molar-refractivity contribution >= 4 is 23.5 Å². The Hall–Kier alpha value is -2.18. The third kappa shape index (κ3) is 3.66. The molecule has 7 heteroatoms. The van der Waals surface area contributed by atoms with Crippen molar-refractivity contribution in [3.63, 3.8) is 0 Å². The molecule has 126 valence electrons. The molecule has 2 N–H and O–H groups in total. The van der Waals surface area contributed by atoms with Gasteiger partial charge in [-0.15, -0.1) is 0 Å². The summed E-state index contributed by atoms with van der Waals surface area (Å²) in [6.07, 6.45) is 3.63. The number of hydrogen-bond donors (Lipinski definition) is 2. The minimum absolute atomic E-state index is 0.128. The smallest absolute Gasteiger partial charge is 0.272 e. The van der Waals surface area contributed by atoms with Crippen molar-refractivity contribution < 1.29 is 9.90 Å². The summed E-state index contributed by atoms with van der Waals surface area (Å²) in [6.45, 7) is 1.55. The van der Waals surface area contributed by atoms with Gasteiger partial charge in [-0.2, -0.15) is 0 Å². The summed E-state index contributed by atoms with van der Waals surface area (Å²) in [6, 6.07) is 8.76. The summed E-state index contributed by atoms with van der Waals surface area (Å²) in [4.78, 5) is 23.1. The molecule has 1 aliphatic heterocycles. The quantitative estimate of drug-likeness (QED) is 0.867. The number of nitrogens with one attached hydrogen (secondary N) is 1. The Kier molecular flexibility index (Phi) is 5.27. The molecule has 1 unspecified atom stereocenters. The van der Waals surface area contributed by atoms with Crippen LogP contribution in [-0.4, -0.2) is 40.7 Å². The number of rotatable bonds is 5. The Morgan fingerprint density at radius 2 is 2.00 bits per heavy atom. The molecule has 1 aromatic heterocycles. The van der Waals surface area contributed by atoms with E-state index in [1.165, 1.54) is 6.20 Å². The summed E-state index contributed by atoms with van der Waals surface area (Å²) < 4.78 is 0. The molecule has 0 spiro atoms. The van der Waals surface area contributed by atoms with E-state index in [1.807, 2.05) is 35.2 Å². The van der Waals surface area contributed by atoms with Gasteiger partial charge >= 0.3 is 0 Å². The van der Waals surface area contributed by atoms with Crippen molar-refractivity contribution in [1.29, 1.82) is 0 Å². The predicted octanol–water partition coefficient (Wildman–Crippen LogP) is 2.19. The van der Waals surface area contributed by atoms with Crippen LogP contribution in [0.5, 0.6) is 0 Å². The van der Waals surface area contributed by atoms with Gasteiger partial charge in [-0.25, -0.2) is 9.97 Å². The third-order valence-electron chi connectivity index (χ3n) is 4.03. The minimum atomic E-state index is -0.514. The van der Waals surface area contributed by atoms with Crippen molar-refractivity contribution in [3.05, 3.63) is 52.8 Å². The molecule has 1 atom stereocenters. The number of amides is 1. The van der Waals surface area contributed by atoms with Crippen LogP contribution < -0.4 is 10.2 Å². The van der Waals surface area contributed by atoms with E-state index in [-0.39, 0.29) is 17.3 Å². The van der Waals surface area contributed by atoms with Gasteiger partial charge in [-0.3, -0.25) is 4.79 Å². The van der Waals surface area contributed by atoms with E-state index in [9.17, 15) is 9.90 Å². The van der Waals surface area contributed by atoms with Gasteiger partial charge in [-0.05, 0) is 18.4 Å². The number of carbonyl (C=O) groups excluding carboxylic acids is 1. The Balaban J connectivity index is 1.79. The molecule has 0 radical (unpaired) electrons. The first-order chi connectivity index (χ1) is 11.7. The van der Waals surface area contributed by atoms with E-state index >= 15 is 0 Å². The summed E-state index contributed by atoms with van der Waals surface area (Å²) in [5, 5.41) is 12.6. The van der Waals surface area contributed by atoms with Crippen LogP contribution in [0.25, 0.3) is 0 Å². The van der Waals surface area contributed by atoms with Crippen molar-refractivity contribution in [3.8, 4) is 0 Å². The summed E-state index contributed by atoms with van der Waals surface area (Å²) in [5.74, 6) is 0.0908. The zero-order valence-electron chi connectivity index (χ0n) is 13.2. The summed E-state index contributed by atoms with van der Waals surface area (Å²) in [5.41, 5.74) is 0.946. The molecule has 0 bridgehead atoms. The highest BCUT2D eigenvalue weighted by Gasteiger charge is 2.21. The average molecular weight is 347 g/mol. The van der Waals surface area contributed by atoms with Crippen LogP contribution in [0.2, 0.25) is 5.02 Å². The summed E-state index contributed by atoms with van der Waals surface area (Å²) in [7, 11) is 0. The fraction of sp³-hybridized carbons (Fsp3) is 0.353. The van der Waals surface area contributed by atoms with E-state index in [4.69, 9.17) is 11.6 Å². The maximum absolute atomic E-state index is 12.6. The molecule has 2 heterocycles. The molecule has 0 aliphatic carbocycles. The monoisotopic (exact) mass is 346 g/mol. The number of benzene rings is 1. The lowest BCUT2D eigenvalue weighted by Gasteiger charge is -2.18. The van der Waals surface area contributed by atoms with Gasteiger partial charge in [0.1, 0.15) is 0 Å². The number of halogens is 1. The number of aromatic nitrogens is 2. The number of aliphatic hydroxyl groups is 1. The first-order valence-corrected chi connectivity index (χ1v) is 8.31. The Labute approximate surface area is 145 Å². The van der Waals surface area contributed by atoms with Crippen LogP contribution in [0.1, 0.15) is 34.9 Å². The highest BCUT2D eigenvalue weighted by molar-refractivity contribution is 6.33. The maximum atomic E-state index is 12.6. The van der Waals surface area contributed by atoms with Gasteiger partial charge in [0.15, 0.2) is 5.69 Å². The number of hydrogen-bond acceptors (Lipinski definition) is 5. The largest absolute Gasteiger partial charge is 0.394 e. The van der Waals surface area contributed by atoms with Crippen LogP contribution in [-0.2, 0) is 0 Å². The van der Waals surface area contributed by atoms with Crippen LogP contribution in [0.15, 0.2) is 36.5 Å². The van der Waals surface area contributed by atoms with Gasteiger partial charge in [0.25, 0.3) is 5.91 Å². The molecule has 0 saturated carbocycles. The van der Waals surface area contributed by atoms with Gasteiger partial charge in [-0.1, -0.05) is 41.9 Å². The van der Waals surface area contributed by atoms with Crippen molar-refractivity contribution in [2.24, 2.45) is 0 Å². The van der Waals surface area contributed by atoms with Crippen LogP contribution in [0.3, 0.4) is 0 Å². The van der Waals surface area contributed by atoms with Gasteiger partial charge in [0, 0.05) is 13.1 Å². The van der Waals surface area contributed by atoms with E-state index in [0.717, 1.165) is 31.5 Å². The lowest BCUT2D eigenvalue weighted by Crippen LogP contribution is -2.32. The molecule has 3 rings (SSSR count). The van der Waals surface area contributed by atoms with Crippen molar-refractivity contribution in [2.75, 3.05) is 24.6 Å². The topological polar surface area (TPSA) is 78.3 Å². The molecule has 1 fully saturated rings. The number of carbonyl (C=O) groups is 1. The molecule has 2 aromatic rings. The van der Waals surface area contributed by atoms with Crippen molar-refractivity contribution in [1.82, 2.24) is 15.3 Å². The zero-order chi connectivity index (χ0) is 16.9. The lowest BCUT2D eigenvalue weighted by molar-refractivity contribution is 0.0911. The molecule has 24 heavy (non-hydrogen) atoms. The molecular weight excluding hydrogens is 328 g/mol. The normalized spacial score (nSPS) is 15.3. The highest BCUT2D eigenvalue weighted by atomic mass is 35.5. The standard InChI is InChI=1S/C17H19ClN4O2/c18-13-10-19-17(22-8-4-5-9-22)21-15(13)16(24)20-14(11-23)12-6-2-1-3-7-12/h1-3,6-7,10,14,23H,4-5,8-9,11H2,(H,20,24). The predicted molar refractivity (Wildman–Crippen MR) is 92.2 cm³/mol. The molecule has 6 nitrogen and oxygen atoms in total. The van der Waals surface area contributed by atoms with Crippen LogP contribution in [0, 0.1) is 0 Å². The highest BCUT2D eigenvalue weighted by Crippen LogP contribution is 2.21. The second kappa shape index (κ2) is 7.59. The molecular formula is C17H19ClN4O2. The molecule has 1 saturated heterocycles. The minimum Gasteiger partial charge on any atom is -0.394 e. The Morgan fingerprint density at radius 3 is 2.67 bits per heavy atom. The van der Waals surface area contributed by atoms with Crippen LogP contribution >= 0.6 is 11.6 Å². The summed E-state index contributed by atoms with van der Waals surface area (Å²) >= 11 is 6.10. The zero-order valence-corrected chi connectivity index (χ0v) is 13.9. The number of anilines is 1. The van der Waals surface area contributed by atoms with Gasteiger partial charge in [0.05, 0.1) is 23.9 Å². The van der Waals surface area contributed by atoms with E-state index < -0.39 is 11.9 Å². The number of aliphatic hydroxyl groups excluding tert-OH is 1. The van der Waals surface area contributed by atoms with Gasteiger partial charge in [0.2, 0.25) is 5.95 Å². The molecule has 1 aliphatic rings. The molecule has 1 amide bonds. The van der Waals surface area contributed by atoms with Crippen molar-refractivity contribution in [2.45, 2.75) is 18.9 Å². The number of nitrogens with zero attached hydrogens (tertiary/aromatic N) is 3. The fourth-order valence-electron chi connectivity index (χ4n) is 2.73. The lowest BCUT2D eigenvalue weighted by atomic mass is 10.1. The fourth-order valence-corrected chi connectivity index (χ4v) is 2.91. The third-order valence-corrected chi connectivity index (χ3v) is 4.30. The van der Waals surface area contributed by atoms with E-state index in [0.29, 0.717) is 5.95 Å². The second-order valence-corrected chi connectivity index (χ2v) is 6.09. The first kappa shape index (κ1) is 16.7. The molecule has 1 aromatic carbocycles. The Morgan fingerprint density at radius 1 is 1.29 bits per heavy atom. The van der Waals surface area contributed by atoms with Crippen LogP contribution in [0.4, 0.5) is 5.95 Å².